The molecule has 0 spiro atoms. The zero-order valence-corrected chi connectivity index (χ0v) is 13.8. The molecular weight excluding hydrogens is 318 g/mol. The van der Waals surface area contributed by atoms with Crippen molar-refractivity contribution in [2.24, 2.45) is 0 Å². The summed E-state index contributed by atoms with van der Waals surface area (Å²) in [6.07, 6.45) is 1.05. The van der Waals surface area contributed by atoms with E-state index in [4.69, 9.17) is 11.6 Å². The van der Waals surface area contributed by atoms with E-state index in [1.807, 2.05) is 0 Å². The summed E-state index contributed by atoms with van der Waals surface area (Å²) < 4.78 is 0. The van der Waals surface area contributed by atoms with Crippen LogP contribution in [0, 0.1) is 0 Å². The van der Waals surface area contributed by atoms with E-state index in [1.54, 1.807) is 39.0 Å². The largest absolute Gasteiger partial charge is 0.342 e. The second kappa shape index (κ2) is 7.97. The van der Waals surface area contributed by atoms with Crippen LogP contribution >= 0.6 is 11.6 Å². The molecule has 0 atom stereocenters. The maximum atomic E-state index is 12.3. The van der Waals surface area contributed by atoms with E-state index in [0.29, 0.717) is 43.4 Å². The minimum absolute atomic E-state index is 0.0103. The first-order chi connectivity index (χ1) is 11.0. The van der Waals surface area contributed by atoms with Crippen LogP contribution in [0.25, 0.3) is 0 Å². The Kier molecular flexibility index (Phi) is 5.98. The van der Waals surface area contributed by atoms with Gasteiger partial charge in [0.1, 0.15) is 0 Å². The lowest BCUT2D eigenvalue weighted by Gasteiger charge is -2.33. The molecule has 0 radical (unpaired) electrons. The minimum atomic E-state index is -0.133. The van der Waals surface area contributed by atoms with E-state index < -0.39 is 0 Å². The lowest BCUT2D eigenvalue weighted by molar-refractivity contribution is -0.135. The molecule has 0 aromatic heterocycles. The SMILES string of the molecule is CC(=O)N(CCC(=O)N1CCN(C=O)CC1)c1cccc(Cl)c1. The molecule has 1 aromatic carbocycles. The Labute approximate surface area is 140 Å². The van der Waals surface area contributed by atoms with Crippen molar-refractivity contribution in [3.05, 3.63) is 29.3 Å². The fourth-order valence-electron chi connectivity index (χ4n) is 2.55. The summed E-state index contributed by atoms with van der Waals surface area (Å²) in [5, 5.41) is 0.546. The zero-order chi connectivity index (χ0) is 16.8. The highest BCUT2D eigenvalue weighted by atomic mass is 35.5. The second-order valence-electron chi connectivity index (χ2n) is 5.42. The number of nitrogens with zero attached hydrogens (tertiary/aromatic N) is 3. The average Bonchev–Trinajstić information content (AvgIpc) is 2.54. The van der Waals surface area contributed by atoms with Gasteiger partial charge in [-0.1, -0.05) is 17.7 Å². The van der Waals surface area contributed by atoms with E-state index in [2.05, 4.69) is 0 Å². The summed E-state index contributed by atoms with van der Waals surface area (Å²) in [5.41, 5.74) is 0.684. The van der Waals surface area contributed by atoms with E-state index in [-0.39, 0.29) is 18.2 Å². The number of anilines is 1. The molecule has 7 heteroatoms. The number of carbonyl (C=O) groups is 3. The number of hydrogen-bond acceptors (Lipinski definition) is 3. The molecule has 0 N–H and O–H groups in total. The summed E-state index contributed by atoms with van der Waals surface area (Å²) in [7, 11) is 0. The quantitative estimate of drug-likeness (QED) is 0.763. The van der Waals surface area contributed by atoms with Crippen LogP contribution in [-0.4, -0.2) is 60.7 Å². The van der Waals surface area contributed by atoms with Gasteiger partial charge in [0.15, 0.2) is 0 Å². The minimum Gasteiger partial charge on any atom is -0.342 e. The van der Waals surface area contributed by atoms with Crippen LogP contribution in [0.15, 0.2) is 24.3 Å². The summed E-state index contributed by atoms with van der Waals surface area (Å²) in [6, 6.07) is 7.01. The Hall–Kier alpha value is -2.08. The van der Waals surface area contributed by atoms with Crippen molar-refractivity contribution < 1.29 is 14.4 Å². The Morgan fingerprint density at radius 1 is 1.26 bits per heavy atom. The van der Waals surface area contributed by atoms with Crippen LogP contribution < -0.4 is 4.90 Å². The maximum absolute atomic E-state index is 12.3. The Morgan fingerprint density at radius 3 is 2.52 bits per heavy atom. The molecule has 6 nitrogen and oxygen atoms in total. The third-order valence-electron chi connectivity index (χ3n) is 3.87. The summed E-state index contributed by atoms with van der Waals surface area (Å²) in [5.74, 6) is -0.144. The van der Waals surface area contributed by atoms with Crippen molar-refractivity contribution in [3.63, 3.8) is 0 Å². The molecular formula is C16H20ClN3O3. The van der Waals surface area contributed by atoms with E-state index in [1.165, 1.54) is 6.92 Å². The van der Waals surface area contributed by atoms with Gasteiger partial charge in [-0.15, -0.1) is 0 Å². The van der Waals surface area contributed by atoms with Crippen LogP contribution in [0.3, 0.4) is 0 Å². The van der Waals surface area contributed by atoms with Gasteiger partial charge in [-0.3, -0.25) is 14.4 Å². The first-order valence-corrected chi connectivity index (χ1v) is 7.90. The molecule has 3 amide bonds. The summed E-state index contributed by atoms with van der Waals surface area (Å²) in [4.78, 5) is 39.7. The van der Waals surface area contributed by atoms with Gasteiger partial charge in [-0.05, 0) is 18.2 Å². The topological polar surface area (TPSA) is 60.9 Å². The lowest BCUT2D eigenvalue weighted by Crippen LogP contribution is -2.48. The molecule has 124 valence electrons. The average molecular weight is 338 g/mol. The summed E-state index contributed by atoms with van der Waals surface area (Å²) in [6.45, 7) is 3.96. The molecule has 0 bridgehead atoms. The van der Waals surface area contributed by atoms with Gasteiger partial charge in [-0.2, -0.15) is 0 Å². The highest BCUT2D eigenvalue weighted by molar-refractivity contribution is 6.30. The predicted molar refractivity (Wildman–Crippen MR) is 88.3 cm³/mol. The normalized spacial score (nSPS) is 14.5. The molecule has 23 heavy (non-hydrogen) atoms. The standard InChI is InChI=1S/C16H20ClN3O3/c1-13(22)20(15-4-2-3-14(17)11-15)6-5-16(23)19-9-7-18(12-21)8-10-19/h2-4,11-12H,5-10H2,1H3. The highest BCUT2D eigenvalue weighted by Gasteiger charge is 2.21. The number of halogens is 1. The molecule has 0 unspecified atom stereocenters. The van der Waals surface area contributed by atoms with Gasteiger partial charge >= 0.3 is 0 Å². The lowest BCUT2D eigenvalue weighted by atomic mass is 10.2. The van der Waals surface area contributed by atoms with Crippen LogP contribution in [0.5, 0.6) is 0 Å². The molecule has 1 aliphatic heterocycles. The number of rotatable bonds is 5. The smallest absolute Gasteiger partial charge is 0.224 e. The first-order valence-electron chi connectivity index (χ1n) is 7.52. The van der Waals surface area contributed by atoms with Gasteiger partial charge < -0.3 is 14.7 Å². The van der Waals surface area contributed by atoms with Crippen molar-refractivity contribution in [2.75, 3.05) is 37.6 Å². The van der Waals surface area contributed by atoms with Gasteiger partial charge in [0.2, 0.25) is 18.2 Å². The van der Waals surface area contributed by atoms with Crippen molar-refractivity contribution in [1.29, 1.82) is 0 Å². The molecule has 1 fully saturated rings. The van der Waals surface area contributed by atoms with E-state index in [0.717, 1.165) is 6.41 Å². The predicted octanol–water partition coefficient (Wildman–Crippen LogP) is 1.38. The highest BCUT2D eigenvalue weighted by Crippen LogP contribution is 2.20. The van der Waals surface area contributed by atoms with Crippen molar-refractivity contribution in [3.8, 4) is 0 Å². The molecule has 2 rings (SSSR count). The van der Waals surface area contributed by atoms with Crippen LogP contribution in [0.4, 0.5) is 5.69 Å². The van der Waals surface area contributed by atoms with Crippen molar-refractivity contribution >= 4 is 35.5 Å². The van der Waals surface area contributed by atoms with Gasteiger partial charge in [0.25, 0.3) is 0 Å². The van der Waals surface area contributed by atoms with E-state index in [9.17, 15) is 14.4 Å². The third kappa shape index (κ3) is 4.69. The van der Waals surface area contributed by atoms with Crippen molar-refractivity contribution in [2.45, 2.75) is 13.3 Å². The number of carbonyl (C=O) groups excluding carboxylic acids is 3. The zero-order valence-electron chi connectivity index (χ0n) is 13.1. The fraction of sp³-hybridized carbons (Fsp3) is 0.438. The number of piperazine rings is 1. The van der Waals surface area contributed by atoms with Gasteiger partial charge in [0.05, 0.1) is 0 Å². The number of hydrogen-bond donors (Lipinski definition) is 0. The van der Waals surface area contributed by atoms with Crippen LogP contribution in [0.1, 0.15) is 13.3 Å². The van der Waals surface area contributed by atoms with Crippen molar-refractivity contribution in [1.82, 2.24) is 9.80 Å². The van der Waals surface area contributed by atoms with Crippen LogP contribution in [-0.2, 0) is 14.4 Å². The molecule has 1 heterocycles. The first kappa shape index (κ1) is 17.3. The molecule has 1 aliphatic rings. The fourth-order valence-corrected chi connectivity index (χ4v) is 2.74. The molecule has 1 aromatic rings. The second-order valence-corrected chi connectivity index (χ2v) is 5.86. The Balaban J connectivity index is 1.93. The third-order valence-corrected chi connectivity index (χ3v) is 4.10. The molecule has 0 saturated carbocycles. The van der Waals surface area contributed by atoms with Gasteiger partial charge in [0, 0.05) is 56.8 Å². The summed E-state index contributed by atoms with van der Waals surface area (Å²) >= 11 is 5.96. The number of benzene rings is 1. The number of amides is 3. The maximum Gasteiger partial charge on any atom is 0.224 e. The Morgan fingerprint density at radius 2 is 1.96 bits per heavy atom. The van der Waals surface area contributed by atoms with Crippen LogP contribution in [0.2, 0.25) is 5.02 Å². The molecule has 1 saturated heterocycles. The molecule has 0 aliphatic carbocycles. The van der Waals surface area contributed by atoms with Gasteiger partial charge in [-0.25, -0.2) is 0 Å². The Bertz CT molecular complexity index is 586. The van der Waals surface area contributed by atoms with E-state index >= 15 is 0 Å². The monoisotopic (exact) mass is 337 g/mol.